The number of imidazole rings is 1. The highest BCUT2D eigenvalue weighted by Gasteiger charge is 2.34. The van der Waals surface area contributed by atoms with E-state index in [-0.39, 0.29) is 18.5 Å². The summed E-state index contributed by atoms with van der Waals surface area (Å²) in [6.45, 7) is 2.66. The first-order chi connectivity index (χ1) is 13.0. The molecule has 0 radical (unpaired) electrons. The summed E-state index contributed by atoms with van der Waals surface area (Å²) in [7, 11) is 0. The minimum absolute atomic E-state index is 0.0471. The van der Waals surface area contributed by atoms with E-state index in [2.05, 4.69) is 11.9 Å². The Morgan fingerprint density at radius 1 is 1.22 bits per heavy atom. The number of benzene rings is 2. The number of nitrogens with zero attached hydrogens (tertiary/aromatic N) is 3. The molecule has 6 heteroatoms. The van der Waals surface area contributed by atoms with Crippen molar-refractivity contribution in [3.63, 3.8) is 0 Å². The second kappa shape index (κ2) is 7.10. The Morgan fingerprint density at radius 3 is 2.63 bits per heavy atom. The van der Waals surface area contributed by atoms with Gasteiger partial charge in [0.2, 0.25) is 5.91 Å². The molecule has 1 aliphatic carbocycles. The van der Waals surface area contributed by atoms with Gasteiger partial charge in [-0.15, -0.1) is 0 Å². The van der Waals surface area contributed by atoms with Gasteiger partial charge in [-0.2, -0.15) is 0 Å². The van der Waals surface area contributed by atoms with E-state index >= 15 is 0 Å². The fourth-order valence-corrected chi connectivity index (χ4v) is 3.49. The van der Waals surface area contributed by atoms with Crippen molar-refractivity contribution in [3.05, 3.63) is 66.0 Å². The summed E-state index contributed by atoms with van der Waals surface area (Å²) < 4.78 is 28.6. The van der Waals surface area contributed by atoms with Crippen molar-refractivity contribution in [3.8, 4) is 0 Å². The lowest BCUT2D eigenvalue weighted by Gasteiger charge is -2.30. The highest BCUT2D eigenvalue weighted by atomic mass is 19.2. The summed E-state index contributed by atoms with van der Waals surface area (Å²) >= 11 is 0. The molecular formula is C21H21F2N3O. The average molecular weight is 369 g/mol. The number of rotatable bonds is 6. The number of carbonyl (C=O) groups excluding carboxylic acids is 1. The molecule has 4 nitrogen and oxygen atoms in total. The Morgan fingerprint density at radius 2 is 1.93 bits per heavy atom. The number of amides is 1. The molecule has 1 amide bonds. The van der Waals surface area contributed by atoms with Crippen LogP contribution in [0.1, 0.15) is 25.3 Å². The molecule has 1 atom stereocenters. The maximum atomic E-state index is 13.6. The van der Waals surface area contributed by atoms with Gasteiger partial charge in [-0.3, -0.25) is 4.79 Å². The predicted octanol–water partition coefficient (Wildman–Crippen LogP) is 4.14. The van der Waals surface area contributed by atoms with Crippen LogP contribution in [0.2, 0.25) is 0 Å². The standard InChI is InChI=1S/C21H21F2N3O/c1-14(16-7-8-16)26(11-15-5-3-2-4-6-15)21(27)12-25-13-24-19-9-17(22)18(23)10-20(19)25/h2-6,9-10,13-14,16H,7-8,11-12H2,1H3. The van der Waals surface area contributed by atoms with Crippen LogP contribution >= 0.6 is 0 Å². The third kappa shape index (κ3) is 3.70. The monoisotopic (exact) mass is 369 g/mol. The van der Waals surface area contributed by atoms with E-state index in [0.717, 1.165) is 30.5 Å². The van der Waals surface area contributed by atoms with E-state index in [1.165, 1.54) is 6.33 Å². The number of carbonyl (C=O) groups is 1. The topological polar surface area (TPSA) is 38.1 Å². The molecular weight excluding hydrogens is 348 g/mol. The molecule has 140 valence electrons. The molecule has 2 aromatic carbocycles. The predicted molar refractivity (Wildman–Crippen MR) is 98.8 cm³/mol. The lowest BCUT2D eigenvalue weighted by molar-refractivity contribution is -0.135. The zero-order chi connectivity index (χ0) is 19.0. The second-order valence-electron chi connectivity index (χ2n) is 7.21. The van der Waals surface area contributed by atoms with Crippen LogP contribution in [0.5, 0.6) is 0 Å². The zero-order valence-corrected chi connectivity index (χ0v) is 15.1. The van der Waals surface area contributed by atoms with E-state index in [4.69, 9.17) is 0 Å². The third-order valence-electron chi connectivity index (χ3n) is 5.28. The normalized spacial score (nSPS) is 15.1. The summed E-state index contributed by atoms with van der Waals surface area (Å²) in [6, 6.07) is 12.2. The Balaban J connectivity index is 1.59. The Kier molecular flexibility index (Phi) is 4.64. The third-order valence-corrected chi connectivity index (χ3v) is 5.28. The molecule has 1 fully saturated rings. The van der Waals surface area contributed by atoms with Gasteiger partial charge in [0.25, 0.3) is 0 Å². The van der Waals surface area contributed by atoms with Gasteiger partial charge in [0.05, 0.1) is 17.4 Å². The zero-order valence-electron chi connectivity index (χ0n) is 15.1. The van der Waals surface area contributed by atoms with Crippen molar-refractivity contribution in [2.45, 2.75) is 38.9 Å². The molecule has 1 aromatic heterocycles. The van der Waals surface area contributed by atoms with Gasteiger partial charge < -0.3 is 9.47 Å². The minimum Gasteiger partial charge on any atom is -0.334 e. The van der Waals surface area contributed by atoms with Crippen molar-refractivity contribution in [1.29, 1.82) is 0 Å². The second-order valence-corrected chi connectivity index (χ2v) is 7.21. The molecule has 0 bridgehead atoms. The van der Waals surface area contributed by atoms with Crippen molar-refractivity contribution in [2.24, 2.45) is 5.92 Å². The number of halogens is 2. The lowest BCUT2D eigenvalue weighted by Crippen LogP contribution is -2.41. The highest BCUT2D eigenvalue weighted by molar-refractivity contribution is 5.81. The smallest absolute Gasteiger partial charge is 0.243 e. The highest BCUT2D eigenvalue weighted by Crippen LogP contribution is 2.36. The van der Waals surface area contributed by atoms with Crippen molar-refractivity contribution >= 4 is 16.9 Å². The Hall–Kier alpha value is -2.76. The molecule has 1 aliphatic rings. The van der Waals surface area contributed by atoms with Gasteiger partial charge in [0.1, 0.15) is 6.54 Å². The Labute approximate surface area is 156 Å². The lowest BCUT2D eigenvalue weighted by atomic mass is 10.1. The van der Waals surface area contributed by atoms with Gasteiger partial charge in [-0.25, -0.2) is 13.8 Å². The number of hydrogen-bond acceptors (Lipinski definition) is 2. The van der Waals surface area contributed by atoms with Crippen molar-refractivity contribution < 1.29 is 13.6 Å². The van der Waals surface area contributed by atoms with Crippen LogP contribution in [0.25, 0.3) is 11.0 Å². The molecule has 4 rings (SSSR count). The van der Waals surface area contributed by atoms with E-state index in [1.807, 2.05) is 35.2 Å². The molecule has 1 unspecified atom stereocenters. The van der Waals surface area contributed by atoms with Gasteiger partial charge in [-0.1, -0.05) is 30.3 Å². The summed E-state index contributed by atoms with van der Waals surface area (Å²) in [6.07, 6.45) is 3.74. The first kappa shape index (κ1) is 17.6. The van der Waals surface area contributed by atoms with Crippen molar-refractivity contribution in [2.75, 3.05) is 0 Å². The van der Waals surface area contributed by atoms with Crippen molar-refractivity contribution in [1.82, 2.24) is 14.5 Å². The van der Waals surface area contributed by atoms with Gasteiger partial charge in [0.15, 0.2) is 11.6 Å². The molecule has 27 heavy (non-hydrogen) atoms. The molecule has 0 aliphatic heterocycles. The molecule has 3 aromatic rings. The summed E-state index contributed by atoms with van der Waals surface area (Å²) in [5.41, 5.74) is 1.83. The van der Waals surface area contributed by atoms with E-state index in [9.17, 15) is 13.6 Å². The largest absolute Gasteiger partial charge is 0.334 e. The van der Waals surface area contributed by atoms with Gasteiger partial charge in [-0.05, 0) is 31.2 Å². The number of hydrogen-bond donors (Lipinski definition) is 0. The quantitative estimate of drug-likeness (QED) is 0.655. The number of fused-ring (bicyclic) bond motifs is 1. The van der Waals surface area contributed by atoms with Gasteiger partial charge >= 0.3 is 0 Å². The first-order valence-corrected chi connectivity index (χ1v) is 9.16. The first-order valence-electron chi connectivity index (χ1n) is 9.16. The minimum atomic E-state index is -0.941. The van der Waals surface area contributed by atoms with Crippen LogP contribution in [0, 0.1) is 17.6 Å². The summed E-state index contributed by atoms with van der Waals surface area (Å²) in [5, 5.41) is 0. The van der Waals surface area contributed by atoms with Crippen LogP contribution in [0.3, 0.4) is 0 Å². The Bertz CT molecular complexity index is 966. The summed E-state index contributed by atoms with van der Waals surface area (Å²) in [4.78, 5) is 19.1. The molecule has 0 spiro atoms. The van der Waals surface area contributed by atoms with Gasteiger partial charge in [0, 0.05) is 24.7 Å². The molecule has 1 saturated carbocycles. The maximum Gasteiger partial charge on any atom is 0.243 e. The van der Waals surface area contributed by atoms with E-state index < -0.39 is 11.6 Å². The van der Waals surface area contributed by atoms with Crippen LogP contribution in [-0.4, -0.2) is 26.4 Å². The summed E-state index contributed by atoms with van der Waals surface area (Å²) in [5.74, 6) is -1.40. The van der Waals surface area contributed by atoms with Crippen LogP contribution < -0.4 is 0 Å². The van der Waals surface area contributed by atoms with Crippen LogP contribution in [0.4, 0.5) is 8.78 Å². The number of aromatic nitrogens is 2. The SMILES string of the molecule is CC(C1CC1)N(Cc1ccccc1)C(=O)Cn1cnc2cc(F)c(F)cc21. The van der Waals surface area contributed by atoms with E-state index in [1.54, 1.807) is 4.57 Å². The maximum absolute atomic E-state index is 13.6. The fraction of sp³-hybridized carbons (Fsp3) is 0.333. The fourth-order valence-electron chi connectivity index (χ4n) is 3.49. The van der Waals surface area contributed by atoms with Crippen LogP contribution in [0.15, 0.2) is 48.8 Å². The molecule has 0 saturated heterocycles. The van der Waals surface area contributed by atoms with Crippen LogP contribution in [-0.2, 0) is 17.9 Å². The molecule has 1 heterocycles. The van der Waals surface area contributed by atoms with E-state index in [0.29, 0.717) is 23.5 Å². The average Bonchev–Trinajstić information content (AvgIpc) is 3.45. The molecule has 0 N–H and O–H groups in total.